The van der Waals surface area contributed by atoms with Crippen molar-refractivity contribution in [1.82, 2.24) is 14.7 Å². The van der Waals surface area contributed by atoms with E-state index in [-0.39, 0.29) is 11.6 Å². The normalized spacial score (nSPS) is 18.8. The van der Waals surface area contributed by atoms with Gasteiger partial charge < -0.3 is 14.2 Å². The molecule has 0 amide bonds. The summed E-state index contributed by atoms with van der Waals surface area (Å²) in [5, 5.41) is 4.32. The van der Waals surface area contributed by atoms with Crippen molar-refractivity contribution in [2.45, 2.75) is 51.3 Å². The lowest BCUT2D eigenvalue weighted by Crippen LogP contribution is -2.39. The van der Waals surface area contributed by atoms with Crippen LogP contribution in [0.5, 0.6) is 11.5 Å². The van der Waals surface area contributed by atoms with Gasteiger partial charge in [0.05, 0.1) is 12.8 Å². The van der Waals surface area contributed by atoms with Crippen LogP contribution in [0.2, 0.25) is 0 Å². The largest absolute Gasteiger partial charge is 0.494 e. The lowest BCUT2D eigenvalue weighted by Gasteiger charge is -2.31. The SMILES string of the molecule is CO[C@@]1(COc2ccccc2F)CCCN(Cc2cccc(OCCCn3cc(C)cn3)c2)CC1. The number of aromatic nitrogens is 2. The third-order valence-electron chi connectivity index (χ3n) is 6.62. The number of hydrogen-bond donors (Lipinski definition) is 0. The van der Waals surface area contributed by atoms with Crippen molar-refractivity contribution >= 4 is 0 Å². The average molecular weight is 482 g/mol. The second-order valence-corrected chi connectivity index (χ2v) is 9.37. The van der Waals surface area contributed by atoms with E-state index in [2.05, 4.69) is 28.2 Å². The van der Waals surface area contributed by atoms with Crippen molar-refractivity contribution in [1.29, 1.82) is 0 Å². The molecule has 7 heteroatoms. The van der Waals surface area contributed by atoms with Crippen LogP contribution in [0, 0.1) is 12.7 Å². The van der Waals surface area contributed by atoms with Gasteiger partial charge in [0.1, 0.15) is 18.0 Å². The molecule has 0 aliphatic carbocycles. The Morgan fingerprint density at radius 3 is 2.74 bits per heavy atom. The summed E-state index contributed by atoms with van der Waals surface area (Å²) in [5.74, 6) is 0.840. The second-order valence-electron chi connectivity index (χ2n) is 9.37. The van der Waals surface area contributed by atoms with Gasteiger partial charge in [0, 0.05) is 39.4 Å². The summed E-state index contributed by atoms with van der Waals surface area (Å²) < 4.78 is 33.7. The molecule has 1 aliphatic heterocycles. The Balaban J connectivity index is 1.26. The van der Waals surface area contributed by atoms with Gasteiger partial charge in [-0.3, -0.25) is 9.58 Å². The average Bonchev–Trinajstić information content (AvgIpc) is 3.18. The van der Waals surface area contributed by atoms with Crippen molar-refractivity contribution in [3.63, 3.8) is 0 Å². The molecule has 1 aliphatic rings. The molecule has 6 nitrogen and oxygen atoms in total. The van der Waals surface area contributed by atoms with Crippen molar-refractivity contribution < 1.29 is 18.6 Å². The number of likely N-dealkylation sites (tertiary alicyclic amines) is 1. The van der Waals surface area contributed by atoms with E-state index in [0.717, 1.165) is 57.6 Å². The van der Waals surface area contributed by atoms with Gasteiger partial charge in [0.2, 0.25) is 0 Å². The number of halogens is 1. The van der Waals surface area contributed by atoms with Crippen LogP contribution in [0.25, 0.3) is 0 Å². The standard InChI is InChI=1S/C28H36FN3O3/c1-23-19-30-32(20-23)15-7-17-34-25-9-5-8-24(18-25)21-31-14-6-12-28(33-2,13-16-31)22-35-27-11-4-3-10-26(27)29/h3-5,8-11,18-20H,6-7,12-17,21-22H2,1-2H3/t28-/m0/s1. The van der Waals surface area contributed by atoms with Crippen molar-refractivity contribution in [2.75, 3.05) is 33.4 Å². The lowest BCUT2D eigenvalue weighted by atomic mass is 9.95. The summed E-state index contributed by atoms with van der Waals surface area (Å²) in [7, 11) is 1.73. The van der Waals surface area contributed by atoms with Crippen LogP contribution in [-0.2, 0) is 17.8 Å². The first kappa shape index (κ1) is 25.2. The number of benzene rings is 2. The number of para-hydroxylation sites is 1. The van der Waals surface area contributed by atoms with E-state index < -0.39 is 5.60 Å². The molecule has 0 unspecified atom stereocenters. The van der Waals surface area contributed by atoms with Crippen molar-refractivity contribution in [2.24, 2.45) is 0 Å². The molecule has 35 heavy (non-hydrogen) atoms. The molecule has 1 fully saturated rings. The zero-order chi connectivity index (χ0) is 24.5. The first-order valence-corrected chi connectivity index (χ1v) is 12.4. The van der Waals surface area contributed by atoms with Gasteiger partial charge in [-0.15, -0.1) is 0 Å². The molecule has 1 saturated heterocycles. The third-order valence-corrected chi connectivity index (χ3v) is 6.62. The van der Waals surface area contributed by atoms with E-state index in [1.54, 1.807) is 25.3 Å². The number of ether oxygens (including phenoxy) is 3. The Hall–Kier alpha value is -2.90. The molecule has 0 N–H and O–H groups in total. The topological polar surface area (TPSA) is 48.8 Å². The van der Waals surface area contributed by atoms with Crippen LogP contribution >= 0.6 is 0 Å². The smallest absolute Gasteiger partial charge is 0.165 e. The van der Waals surface area contributed by atoms with Gasteiger partial charge in [-0.05, 0) is 68.1 Å². The molecular formula is C28H36FN3O3. The van der Waals surface area contributed by atoms with E-state index in [1.165, 1.54) is 17.2 Å². The minimum atomic E-state index is -0.408. The highest BCUT2D eigenvalue weighted by molar-refractivity contribution is 5.28. The Morgan fingerprint density at radius 2 is 1.94 bits per heavy atom. The fourth-order valence-corrected chi connectivity index (χ4v) is 4.56. The highest BCUT2D eigenvalue weighted by Gasteiger charge is 2.34. The summed E-state index contributed by atoms with van der Waals surface area (Å²) in [5.41, 5.74) is 2.00. The fraction of sp³-hybridized carbons (Fsp3) is 0.464. The van der Waals surface area contributed by atoms with E-state index in [9.17, 15) is 4.39 Å². The van der Waals surface area contributed by atoms with Crippen LogP contribution in [0.1, 0.15) is 36.8 Å². The van der Waals surface area contributed by atoms with Crippen LogP contribution < -0.4 is 9.47 Å². The molecule has 0 saturated carbocycles. The van der Waals surface area contributed by atoms with Crippen LogP contribution in [0.3, 0.4) is 0 Å². The number of aryl methyl sites for hydroxylation is 2. The van der Waals surface area contributed by atoms with Gasteiger partial charge in [-0.2, -0.15) is 5.10 Å². The molecule has 1 atom stereocenters. The lowest BCUT2D eigenvalue weighted by molar-refractivity contribution is -0.0548. The number of methoxy groups -OCH3 is 1. The van der Waals surface area contributed by atoms with Gasteiger partial charge >= 0.3 is 0 Å². The Kier molecular flexibility index (Phi) is 8.77. The predicted octanol–water partition coefficient (Wildman–Crippen LogP) is 5.25. The number of nitrogens with zero attached hydrogens (tertiary/aromatic N) is 3. The highest BCUT2D eigenvalue weighted by Crippen LogP contribution is 2.29. The minimum Gasteiger partial charge on any atom is -0.494 e. The monoisotopic (exact) mass is 481 g/mol. The van der Waals surface area contributed by atoms with Crippen LogP contribution in [0.4, 0.5) is 4.39 Å². The first-order valence-electron chi connectivity index (χ1n) is 12.4. The number of hydrogen-bond acceptors (Lipinski definition) is 5. The summed E-state index contributed by atoms with van der Waals surface area (Å²) in [6, 6.07) is 14.9. The predicted molar refractivity (Wildman–Crippen MR) is 134 cm³/mol. The van der Waals surface area contributed by atoms with E-state index in [1.807, 2.05) is 30.1 Å². The van der Waals surface area contributed by atoms with Crippen LogP contribution in [0.15, 0.2) is 60.9 Å². The maximum absolute atomic E-state index is 14.0. The van der Waals surface area contributed by atoms with Gasteiger partial charge in [0.25, 0.3) is 0 Å². The molecule has 4 rings (SSSR count). The first-order chi connectivity index (χ1) is 17.0. The summed E-state index contributed by atoms with van der Waals surface area (Å²) in [4.78, 5) is 2.45. The highest BCUT2D eigenvalue weighted by atomic mass is 19.1. The molecule has 0 radical (unpaired) electrons. The van der Waals surface area contributed by atoms with Gasteiger partial charge in [-0.25, -0.2) is 4.39 Å². The van der Waals surface area contributed by atoms with Gasteiger partial charge in [0.15, 0.2) is 11.6 Å². The van der Waals surface area contributed by atoms with Crippen molar-refractivity contribution in [3.05, 3.63) is 77.9 Å². The zero-order valence-corrected chi connectivity index (χ0v) is 20.8. The van der Waals surface area contributed by atoms with E-state index in [0.29, 0.717) is 13.2 Å². The van der Waals surface area contributed by atoms with E-state index in [4.69, 9.17) is 14.2 Å². The molecule has 188 valence electrons. The maximum atomic E-state index is 14.0. The quantitative estimate of drug-likeness (QED) is 0.350. The zero-order valence-electron chi connectivity index (χ0n) is 20.8. The molecule has 0 bridgehead atoms. The second kappa shape index (κ2) is 12.2. The van der Waals surface area contributed by atoms with Crippen LogP contribution in [-0.4, -0.2) is 53.7 Å². The van der Waals surface area contributed by atoms with Crippen molar-refractivity contribution in [3.8, 4) is 11.5 Å². The minimum absolute atomic E-state index is 0.279. The Morgan fingerprint density at radius 1 is 1.06 bits per heavy atom. The molecular weight excluding hydrogens is 445 g/mol. The molecule has 2 heterocycles. The molecule has 2 aromatic carbocycles. The fourth-order valence-electron chi connectivity index (χ4n) is 4.56. The van der Waals surface area contributed by atoms with Gasteiger partial charge in [-0.1, -0.05) is 24.3 Å². The third kappa shape index (κ3) is 7.29. The summed E-state index contributed by atoms with van der Waals surface area (Å²) in [6.07, 6.45) is 7.55. The number of rotatable bonds is 11. The molecule has 0 spiro atoms. The Bertz CT molecular complexity index is 1070. The summed E-state index contributed by atoms with van der Waals surface area (Å²) in [6.45, 7) is 6.64. The molecule has 3 aromatic rings. The maximum Gasteiger partial charge on any atom is 0.165 e. The summed E-state index contributed by atoms with van der Waals surface area (Å²) >= 11 is 0. The molecule has 1 aromatic heterocycles. The Labute approximate surface area is 207 Å². The van der Waals surface area contributed by atoms with E-state index >= 15 is 0 Å².